The summed E-state index contributed by atoms with van der Waals surface area (Å²) >= 11 is 0. The van der Waals surface area contributed by atoms with Crippen LogP contribution in [-0.2, 0) is 0 Å². The maximum absolute atomic E-state index is 2.61. The van der Waals surface area contributed by atoms with E-state index in [4.69, 9.17) is 0 Å². The SMILES string of the molecule is C1=C(c2ccccc2)CC2B3c4cc(-c5ccccc5)ccc4N(c4cc(-c5ccccc5)cc(-c5ccccc5)c4)c4cccc(c43)N(c3cc(-c4ccccc4)cc(-c4ccccc4)c3)C2=C1. The molecule has 3 heteroatoms. The Morgan fingerprint density at radius 3 is 1.17 bits per heavy atom. The summed E-state index contributed by atoms with van der Waals surface area (Å²) in [6.45, 7) is 0.0674. The second-order valence-corrected chi connectivity index (χ2v) is 18.5. The number of hydrogen-bond acceptors (Lipinski definition) is 2. The largest absolute Gasteiger partial charge is 0.315 e. The molecule has 2 heterocycles. The van der Waals surface area contributed by atoms with E-state index in [0.29, 0.717) is 0 Å². The van der Waals surface area contributed by atoms with Crippen LogP contribution in [0.4, 0.5) is 28.4 Å². The quantitative estimate of drug-likeness (QED) is 0.140. The van der Waals surface area contributed by atoms with Gasteiger partial charge in [-0.2, -0.15) is 0 Å². The third-order valence-corrected chi connectivity index (χ3v) is 14.4. The lowest BCUT2D eigenvalue weighted by molar-refractivity contribution is 0.900. The van der Waals surface area contributed by atoms with E-state index < -0.39 is 0 Å². The first-order valence-electron chi connectivity index (χ1n) is 24.1. The fourth-order valence-corrected chi connectivity index (χ4v) is 11.3. The Balaban J connectivity index is 1.10. The molecule has 324 valence electrons. The van der Waals surface area contributed by atoms with Gasteiger partial charge in [0.1, 0.15) is 0 Å². The molecule has 0 fully saturated rings. The van der Waals surface area contributed by atoms with E-state index in [2.05, 4.69) is 277 Å². The van der Waals surface area contributed by atoms with E-state index in [1.165, 1.54) is 100 Å². The molecule has 0 radical (unpaired) electrons. The van der Waals surface area contributed by atoms with Crippen molar-refractivity contribution >= 4 is 51.6 Å². The number of allylic oxidation sites excluding steroid dienone is 4. The molecule has 0 amide bonds. The van der Waals surface area contributed by atoms with Crippen LogP contribution in [0, 0.1) is 0 Å². The summed E-state index contributed by atoms with van der Waals surface area (Å²) in [5.74, 6) is 0.127. The van der Waals surface area contributed by atoms with Gasteiger partial charge in [-0.25, -0.2) is 0 Å². The Bertz CT molecular complexity index is 3450. The van der Waals surface area contributed by atoms with E-state index in [-0.39, 0.29) is 12.5 Å². The Morgan fingerprint density at radius 1 is 0.304 bits per heavy atom. The molecule has 0 aromatic heterocycles. The Morgan fingerprint density at radius 2 is 0.710 bits per heavy atom. The second kappa shape index (κ2) is 17.2. The fraction of sp³-hybridized carbons (Fsp3) is 0.0303. The molecule has 2 nitrogen and oxygen atoms in total. The zero-order valence-corrected chi connectivity index (χ0v) is 38.2. The summed E-state index contributed by atoms with van der Waals surface area (Å²) in [7, 11) is 0. The molecule has 69 heavy (non-hydrogen) atoms. The summed E-state index contributed by atoms with van der Waals surface area (Å²) < 4.78 is 0. The van der Waals surface area contributed by atoms with E-state index in [9.17, 15) is 0 Å². The standard InChI is InChI=1S/C66H47BN2/c1-7-20-46(21-8-1)52-34-36-62-60(44-52)67-61-45-53(47-22-9-2-10-23-47)35-37-63(61)69(59-42-56(50-28-15-5-16-29-50)39-57(43-59)51-30-17-6-18-31-51)65-33-19-32-64(66(65)67)68(62)58-40-54(48-24-11-3-12-25-48)38-55(41-58)49-26-13-4-14-27-49/h1-44,61H,45H2. The molecule has 0 saturated heterocycles. The van der Waals surface area contributed by atoms with Gasteiger partial charge in [0.25, 0.3) is 0 Å². The molecule has 1 atom stereocenters. The monoisotopic (exact) mass is 878 g/mol. The van der Waals surface area contributed by atoms with Gasteiger partial charge >= 0.3 is 0 Å². The minimum Gasteiger partial charge on any atom is -0.315 e. The van der Waals surface area contributed by atoms with Crippen molar-refractivity contribution in [3.8, 4) is 55.6 Å². The molecule has 1 aliphatic carbocycles. The average molecular weight is 879 g/mol. The minimum atomic E-state index is 0.0674. The van der Waals surface area contributed by atoms with Crippen molar-refractivity contribution in [3.63, 3.8) is 0 Å². The second-order valence-electron chi connectivity index (χ2n) is 18.5. The Labute approximate surface area is 405 Å². The summed E-state index contributed by atoms with van der Waals surface area (Å²) in [5.41, 5.74) is 24.6. The van der Waals surface area contributed by atoms with Crippen molar-refractivity contribution in [1.82, 2.24) is 0 Å². The average Bonchev–Trinajstić information content (AvgIpc) is 3.44. The molecular formula is C66H47BN2. The van der Waals surface area contributed by atoms with Gasteiger partial charge in [0, 0.05) is 34.1 Å². The Kier molecular flexibility index (Phi) is 10.1. The molecule has 13 rings (SSSR count). The number of fused-ring (bicyclic) bond motifs is 4. The predicted octanol–water partition coefficient (Wildman–Crippen LogP) is 16.3. The summed E-state index contributed by atoms with van der Waals surface area (Å²) in [5, 5.41) is 0. The third-order valence-electron chi connectivity index (χ3n) is 14.4. The lowest BCUT2D eigenvalue weighted by Crippen LogP contribution is -2.58. The van der Waals surface area contributed by atoms with Crippen molar-refractivity contribution in [2.75, 3.05) is 9.80 Å². The lowest BCUT2D eigenvalue weighted by Gasteiger charge is -2.49. The zero-order valence-electron chi connectivity index (χ0n) is 38.2. The predicted molar refractivity (Wildman–Crippen MR) is 293 cm³/mol. The third kappa shape index (κ3) is 7.31. The van der Waals surface area contributed by atoms with Crippen LogP contribution in [0.1, 0.15) is 12.0 Å². The van der Waals surface area contributed by atoms with Crippen LogP contribution in [0.15, 0.2) is 273 Å². The summed E-state index contributed by atoms with van der Waals surface area (Å²) in [6.07, 6.45) is 5.72. The van der Waals surface area contributed by atoms with Crippen molar-refractivity contribution < 1.29 is 0 Å². The molecule has 2 aliphatic heterocycles. The van der Waals surface area contributed by atoms with Crippen LogP contribution < -0.4 is 20.7 Å². The first kappa shape index (κ1) is 40.6. The van der Waals surface area contributed by atoms with E-state index in [1.54, 1.807) is 0 Å². The van der Waals surface area contributed by atoms with Gasteiger partial charge in [0.2, 0.25) is 6.71 Å². The minimum absolute atomic E-state index is 0.0674. The number of nitrogens with zero attached hydrogens (tertiary/aromatic N) is 2. The normalized spacial score (nSPS) is 14.6. The first-order valence-corrected chi connectivity index (χ1v) is 24.1. The maximum Gasteiger partial charge on any atom is 0.226 e. The number of anilines is 5. The molecule has 0 bridgehead atoms. The van der Waals surface area contributed by atoms with Gasteiger partial charge in [0.15, 0.2) is 0 Å². The highest BCUT2D eigenvalue weighted by Crippen LogP contribution is 2.53. The van der Waals surface area contributed by atoms with Crippen LogP contribution in [0.3, 0.4) is 0 Å². The fourth-order valence-electron chi connectivity index (χ4n) is 11.3. The molecule has 1 unspecified atom stereocenters. The first-order chi connectivity index (χ1) is 34.2. The molecular weight excluding hydrogens is 832 g/mol. The maximum atomic E-state index is 2.61. The van der Waals surface area contributed by atoms with Gasteiger partial charge in [-0.3, -0.25) is 0 Å². The summed E-state index contributed by atoms with van der Waals surface area (Å²) in [6, 6.07) is 93.9. The van der Waals surface area contributed by atoms with Gasteiger partial charge in [-0.1, -0.05) is 206 Å². The van der Waals surface area contributed by atoms with E-state index in [1.807, 2.05) is 0 Å². The molecule has 0 saturated carbocycles. The van der Waals surface area contributed by atoms with Crippen molar-refractivity contribution in [3.05, 3.63) is 278 Å². The van der Waals surface area contributed by atoms with Crippen LogP contribution in [-0.4, -0.2) is 6.71 Å². The van der Waals surface area contributed by atoms with Crippen LogP contribution in [0.2, 0.25) is 5.82 Å². The van der Waals surface area contributed by atoms with Crippen LogP contribution in [0.5, 0.6) is 0 Å². The van der Waals surface area contributed by atoms with Gasteiger partial charge < -0.3 is 9.80 Å². The van der Waals surface area contributed by atoms with Crippen LogP contribution >= 0.6 is 0 Å². The van der Waals surface area contributed by atoms with Gasteiger partial charge in [0.05, 0.1) is 0 Å². The van der Waals surface area contributed by atoms with E-state index >= 15 is 0 Å². The van der Waals surface area contributed by atoms with Crippen molar-refractivity contribution in [2.45, 2.75) is 12.2 Å². The van der Waals surface area contributed by atoms with E-state index in [0.717, 1.165) is 17.8 Å². The van der Waals surface area contributed by atoms with Crippen molar-refractivity contribution in [2.24, 2.45) is 0 Å². The highest BCUT2D eigenvalue weighted by molar-refractivity contribution is 6.91. The zero-order chi connectivity index (χ0) is 45.7. The van der Waals surface area contributed by atoms with Gasteiger partial charge in [-0.05, 0) is 151 Å². The highest BCUT2D eigenvalue weighted by Gasteiger charge is 2.48. The molecule has 10 aromatic rings. The summed E-state index contributed by atoms with van der Waals surface area (Å²) in [4.78, 5) is 5.18. The lowest BCUT2D eigenvalue weighted by atomic mass is 9.29. The van der Waals surface area contributed by atoms with Gasteiger partial charge in [-0.15, -0.1) is 0 Å². The number of benzene rings is 10. The van der Waals surface area contributed by atoms with Crippen LogP contribution in [0.25, 0.3) is 61.2 Å². The molecule has 0 N–H and O–H groups in total. The number of rotatable bonds is 8. The molecule has 10 aromatic carbocycles. The topological polar surface area (TPSA) is 6.48 Å². The highest BCUT2D eigenvalue weighted by atomic mass is 15.2. The molecule has 0 spiro atoms. The van der Waals surface area contributed by atoms with Crippen molar-refractivity contribution in [1.29, 1.82) is 0 Å². The molecule has 3 aliphatic rings. The number of hydrogen-bond donors (Lipinski definition) is 0. The Hall–Kier alpha value is -8.66. The smallest absolute Gasteiger partial charge is 0.226 e.